The molecule has 0 aromatic carbocycles. The van der Waals surface area contributed by atoms with Crippen LogP contribution in [0.1, 0.15) is 36.7 Å². The van der Waals surface area contributed by atoms with Crippen molar-refractivity contribution in [2.75, 3.05) is 18.8 Å². The van der Waals surface area contributed by atoms with Crippen molar-refractivity contribution in [3.05, 3.63) is 16.0 Å². The third-order valence-corrected chi connectivity index (χ3v) is 4.75. The molecular formula is C11H17N3O2S2. The molecule has 0 spiro atoms. The molecule has 1 saturated heterocycles. The van der Waals surface area contributed by atoms with Gasteiger partial charge in [-0.2, -0.15) is 16.1 Å². The second-order valence-electron chi connectivity index (χ2n) is 4.29. The second-order valence-corrected chi connectivity index (χ2v) is 6.43. The summed E-state index contributed by atoms with van der Waals surface area (Å²) >= 11 is 2.83. The SMILES string of the molecule is CCSC1CCCCN(C(=O)c2ns[nH]c2=O)C1. The summed E-state index contributed by atoms with van der Waals surface area (Å²) in [4.78, 5) is 25.4. The number of aromatic amines is 1. The van der Waals surface area contributed by atoms with Gasteiger partial charge in [-0.15, -0.1) is 0 Å². The molecule has 2 rings (SSSR count). The number of nitrogens with one attached hydrogen (secondary N) is 1. The Hall–Kier alpha value is -0.820. The maximum absolute atomic E-state index is 12.2. The predicted molar refractivity (Wildman–Crippen MR) is 74.4 cm³/mol. The van der Waals surface area contributed by atoms with Gasteiger partial charge in [0.15, 0.2) is 0 Å². The van der Waals surface area contributed by atoms with Crippen molar-refractivity contribution in [3.63, 3.8) is 0 Å². The number of nitrogens with zero attached hydrogens (tertiary/aromatic N) is 2. The zero-order chi connectivity index (χ0) is 13.0. The van der Waals surface area contributed by atoms with E-state index in [1.165, 1.54) is 0 Å². The predicted octanol–water partition coefficient (Wildman–Crippen LogP) is 1.58. The summed E-state index contributed by atoms with van der Waals surface area (Å²) < 4.78 is 6.33. The van der Waals surface area contributed by atoms with Crippen molar-refractivity contribution < 1.29 is 4.79 Å². The number of carbonyl (C=O) groups excluding carboxylic acids is 1. The van der Waals surface area contributed by atoms with Crippen LogP contribution in [-0.2, 0) is 0 Å². The van der Waals surface area contributed by atoms with Crippen molar-refractivity contribution in [1.82, 2.24) is 13.6 Å². The Kier molecular flexibility index (Phi) is 4.82. The molecule has 1 N–H and O–H groups in total. The highest BCUT2D eigenvalue weighted by Crippen LogP contribution is 2.22. The zero-order valence-corrected chi connectivity index (χ0v) is 12.0. The Balaban J connectivity index is 2.09. The number of aromatic nitrogens is 2. The minimum Gasteiger partial charge on any atom is -0.336 e. The van der Waals surface area contributed by atoms with Crippen molar-refractivity contribution in [3.8, 4) is 0 Å². The van der Waals surface area contributed by atoms with Crippen LogP contribution in [0.25, 0.3) is 0 Å². The Morgan fingerprint density at radius 2 is 2.44 bits per heavy atom. The summed E-state index contributed by atoms with van der Waals surface area (Å²) in [6, 6.07) is 0. The normalized spacial score (nSPS) is 20.7. The van der Waals surface area contributed by atoms with Gasteiger partial charge in [0.05, 0.1) is 0 Å². The first-order valence-corrected chi connectivity index (χ1v) is 7.99. The molecule has 1 aliphatic heterocycles. The van der Waals surface area contributed by atoms with Crippen molar-refractivity contribution >= 4 is 29.4 Å². The van der Waals surface area contributed by atoms with Gasteiger partial charge in [0.25, 0.3) is 11.5 Å². The second kappa shape index (κ2) is 6.38. The van der Waals surface area contributed by atoms with Gasteiger partial charge in [-0.25, -0.2) is 0 Å². The maximum Gasteiger partial charge on any atom is 0.291 e. The lowest BCUT2D eigenvalue weighted by atomic mass is 10.2. The average Bonchev–Trinajstić information content (AvgIpc) is 2.64. The molecular weight excluding hydrogens is 270 g/mol. The van der Waals surface area contributed by atoms with Gasteiger partial charge >= 0.3 is 0 Å². The lowest BCUT2D eigenvalue weighted by molar-refractivity contribution is 0.0757. The van der Waals surface area contributed by atoms with Gasteiger partial charge in [-0.1, -0.05) is 13.3 Å². The molecule has 100 valence electrons. The van der Waals surface area contributed by atoms with Crippen molar-refractivity contribution in [1.29, 1.82) is 0 Å². The molecule has 1 amide bonds. The van der Waals surface area contributed by atoms with Crippen LogP contribution in [0.3, 0.4) is 0 Å². The Morgan fingerprint density at radius 1 is 1.61 bits per heavy atom. The van der Waals surface area contributed by atoms with Crippen molar-refractivity contribution in [2.45, 2.75) is 31.4 Å². The fourth-order valence-corrected chi connectivity index (χ4v) is 3.71. The Labute approximate surface area is 114 Å². The van der Waals surface area contributed by atoms with E-state index < -0.39 is 0 Å². The monoisotopic (exact) mass is 287 g/mol. The van der Waals surface area contributed by atoms with Crippen LogP contribution < -0.4 is 5.56 Å². The number of H-pyrrole nitrogens is 1. The molecule has 2 heterocycles. The van der Waals surface area contributed by atoms with Crippen molar-refractivity contribution in [2.24, 2.45) is 0 Å². The summed E-state index contributed by atoms with van der Waals surface area (Å²) in [5.41, 5.74) is -0.323. The first-order valence-electron chi connectivity index (χ1n) is 6.17. The van der Waals surface area contributed by atoms with Crippen LogP contribution in [0, 0.1) is 0 Å². The van der Waals surface area contributed by atoms with Crippen LogP contribution in [0.15, 0.2) is 4.79 Å². The molecule has 1 atom stereocenters. The Morgan fingerprint density at radius 3 is 3.11 bits per heavy atom. The minimum absolute atomic E-state index is 0.0437. The number of hydrogen-bond donors (Lipinski definition) is 1. The first kappa shape index (κ1) is 13.6. The van der Waals surface area contributed by atoms with Crippen LogP contribution >= 0.6 is 23.5 Å². The summed E-state index contributed by atoms with van der Waals surface area (Å²) in [6.45, 7) is 3.59. The first-order chi connectivity index (χ1) is 8.72. The highest BCUT2D eigenvalue weighted by atomic mass is 32.2. The molecule has 1 unspecified atom stereocenters. The number of hydrogen-bond acceptors (Lipinski definition) is 5. The zero-order valence-electron chi connectivity index (χ0n) is 10.3. The third kappa shape index (κ3) is 3.14. The summed E-state index contributed by atoms with van der Waals surface area (Å²) in [6.07, 6.45) is 3.30. The van der Waals surface area contributed by atoms with E-state index in [4.69, 9.17) is 0 Å². The Bertz CT molecular complexity index is 457. The number of rotatable bonds is 3. The molecule has 0 saturated carbocycles. The highest BCUT2D eigenvalue weighted by Gasteiger charge is 2.25. The van der Waals surface area contributed by atoms with E-state index >= 15 is 0 Å². The molecule has 0 bridgehead atoms. The molecule has 18 heavy (non-hydrogen) atoms. The summed E-state index contributed by atoms with van der Waals surface area (Å²) in [5, 5.41) is 0.485. The maximum atomic E-state index is 12.2. The summed E-state index contributed by atoms with van der Waals surface area (Å²) in [7, 11) is 0. The molecule has 0 radical (unpaired) electrons. The number of amides is 1. The fraction of sp³-hybridized carbons (Fsp3) is 0.727. The molecule has 7 heteroatoms. The van der Waals surface area contributed by atoms with E-state index in [0.29, 0.717) is 5.25 Å². The summed E-state index contributed by atoms with van der Waals surface area (Å²) in [5.74, 6) is 0.838. The van der Waals surface area contributed by atoms with Gasteiger partial charge < -0.3 is 4.90 Å². The number of carbonyl (C=O) groups is 1. The lowest BCUT2D eigenvalue weighted by Gasteiger charge is -2.22. The molecule has 1 fully saturated rings. The third-order valence-electron chi connectivity index (χ3n) is 3.01. The fourth-order valence-electron chi connectivity index (χ4n) is 2.14. The van der Waals surface area contributed by atoms with Gasteiger partial charge in [0, 0.05) is 30.1 Å². The van der Waals surface area contributed by atoms with Gasteiger partial charge in [0.1, 0.15) is 0 Å². The quantitative estimate of drug-likeness (QED) is 0.916. The van der Waals surface area contributed by atoms with E-state index in [0.717, 1.165) is 49.8 Å². The molecule has 1 aromatic rings. The van der Waals surface area contributed by atoms with Gasteiger partial charge in [-0.05, 0) is 18.6 Å². The number of likely N-dealkylation sites (tertiary alicyclic amines) is 1. The largest absolute Gasteiger partial charge is 0.336 e. The standard InChI is InChI=1S/C11H17N3O2S2/c1-2-17-8-5-3-4-6-14(7-8)11(16)9-10(15)13-18-12-9/h8H,2-7H2,1H3,(H,13,15). The molecule has 1 aromatic heterocycles. The van der Waals surface area contributed by atoms with E-state index in [1.54, 1.807) is 4.90 Å². The van der Waals surface area contributed by atoms with E-state index in [2.05, 4.69) is 15.7 Å². The smallest absolute Gasteiger partial charge is 0.291 e. The van der Waals surface area contributed by atoms with E-state index in [9.17, 15) is 9.59 Å². The number of thioether (sulfide) groups is 1. The molecule has 5 nitrogen and oxygen atoms in total. The average molecular weight is 287 g/mol. The van der Waals surface area contributed by atoms with Crippen LogP contribution in [0.4, 0.5) is 0 Å². The van der Waals surface area contributed by atoms with Crippen LogP contribution in [0.2, 0.25) is 0 Å². The molecule has 1 aliphatic rings. The van der Waals surface area contributed by atoms with Crippen LogP contribution in [-0.4, -0.2) is 43.6 Å². The minimum atomic E-state index is -0.367. The topological polar surface area (TPSA) is 66.1 Å². The van der Waals surface area contributed by atoms with Gasteiger partial charge in [0.2, 0.25) is 5.69 Å². The van der Waals surface area contributed by atoms with E-state index in [-0.39, 0.29) is 17.2 Å². The van der Waals surface area contributed by atoms with E-state index in [1.807, 2.05) is 11.8 Å². The highest BCUT2D eigenvalue weighted by molar-refractivity contribution is 7.99. The van der Waals surface area contributed by atoms with Gasteiger partial charge in [-0.3, -0.25) is 14.0 Å². The molecule has 0 aliphatic carbocycles. The van der Waals surface area contributed by atoms with Crippen LogP contribution in [0.5, 0.6) is 0 Å². The lowest BCUT2D eigenvalue weighted by Crippen LogP contribution is -2.38.